The second-order valence-electron chi connectivity index (χ2n) is 7.72. The van der Waals surface area contributed by atoms with Gasteiger partial charge in [0, 0.05) is 23.5 Å². The molecule has 5 rings (SSSR count). The molecule has 1 amide bonds. The zero-order valence-corrected chi connectivity index (χ0v) is 19.0. The third-order valence-electron chi connectivity index (χ3n) is 5.33. The SMILES string of the molecule is Cc1cccc(NC(=O)c2cc3ccccc3c(NNc3c(C#N)cnn3-c3ncccn3)c2O)n1. The van der Waals surface area contributed by atoms with Crippen LogP contribution in [0.25, 0.3) is 16.7 Å². The van der Waals surface area contributed by atoms with Gasteiger partial charge in [0.1, 0.15) is 23.1 Å². The van der Waals surface area contributed by atoms with Gasteiger partial charge in [-0.15, -0.1) is 0 Å². The first-order valence-corrected chi connectivity index (χ1v) is 10.8. The number of amides is 1. The van der Waals surface area contributed by atoms with Crippen LogP contribution in [0.4, 0.5) is 17.3 Å². The summed E-state index contributed by atoms with van der Waals surface area (Å²) in [4.78, 5) is 25.7. The van der Waals surface area contributed by atoms with Gasteiger partial charge in [-0.2, -0.15) is 15.0 Å². The molecule has 3 aromatic heterocycles. The van der Waals surface area contributed by atoms with E-state index in [9.17, 15) is 15.2 Å². The molecule has 36 heavy (non-hydrogen) atoms. The number of fused-ring (bicyclic) bond motifs is 1. The van der Waals surface area contributed by atoms with E-state index in [1.807, 2.05) is 31.2 Å². The van der Waals surface area contributed by atoms with Gasteiger partial charge in [-0.3, -0.25) is 15.6 Å². The molecule has 0 atom stereocenters. The van der Waals surface area contributed by atoms with Gasteiger partial charge >= 0.3 is 0 Å². The summed E-state index contributed by atoms with van der Waals surface area (Å²) >= 11 is 0. The van der Waals surface area contributed by atoms with Crippen molar-refractivity contribution in [3.63, 3.8) is 0 Å². The number of aryl methyl sites for hydroxylation is 1. The van der Waals surface area contributed by atoms with E-state index in [0.29, 0.717) is 16.6 Å². The lowest BCUT2D eigenvalue weighted by Gasteiger charge is -2.17. The minimum Gasteiger partial charge on any atom is -0.505 e. The zero-order valence-electron chi connectivity index (χ0n) is 19.0. The molecule has 0 aliphatic rings. The molecule has 0 unspecified atom stereocenters. The molecule has 4 N–H and O–H groups in total. The highest BCUT2D eigenvalue weighted by molar-refractivity contribution is 6.12. The summed E-state index contributed by atoms with van der Waals surface area (Å²) in [6, 6.07) is 17.8. The normalized spacial score (nSPS) is 10.6. The first-order valence-electron chi connectivity index (χ1n) is 10.8. The van der Waals surface area contributed by atoms with Crippen molar-refractivity contribution in [2.75, 3.05) is 16.2 Å². The predicted molar refractivity (Wildman–Crippen MR) is 134 cm³/mol. The number of hydrogen-bond donors (Lipinski definition) is 4. The van der Waals surface area contributed by atoms with E-state index < -0.39 is 5.91 Å². The van der Waals surface area contributed by atoms with E-state index in [1.165, 1.54) is 10.9 Å². The molecule has 0 saturated carbocycles. The Morgan fingerprint density at radius 1 is 1.06 bits per heavy atom. The third-order valence-corrected chi connectivity index (χ3v) is 5.33. The zero-order chi connectivity index (χ0) is 25.1. The first kappa shape index (κ1) is 22.3. The average Bonchev–Trinajstić information content (AvgIpc) is 3.31. The molecule has 0 saturated heterocycles. The molecule has 0 aliphatic carbocycles. The monoisotopic (exact) mass is 477 g/mol. The minimum atomic E-state index is -0.528. The van der Waals surface area contributed by atoms with Crippen molar-refractivity contribution in [3.8, 4) is 17.8 Å². The Balaban J connectivity index is 1.53. The quantitative estimate of drug-likeness (QED) is 0.211. The maximum Gasteiger partial charge on any atom is 0.260 e. The molecule has 0 bridgehead atoms. The van der Waals surface area contributed by atoms with Crippen LogP contribution in [0.5, 0.6) is 5.75 Å². The van der Waals surface area contributed by atoms with Crippen molar-refractivity contribution in [1.29, 1.82) is 5.26 Å². The molecule has 176 valence electrons. The highest BCUT2D eigenvalue weighted by Crippen LogP contribution is 2.36. The molecule has 0 fully saturated rings. The number of anilines is 3. The Kier molecular flexibility index (Phi) is 5.82. The number of aromatic hydroxyl groups is 1. The maximum absolute atomic E-state index is 13.1. The Labute approximate surface area is 205 Å². The summed E-state index contributed by atoms with van der Waals surface area (Å²) < 4.78 is 1.35. The summed E-state index contributed by atoms with van der Waals surface area (Å²) in [5.41, 5.74) is 7.12. The van der Waals surface area contributed by atoms with Crippen molar-refractivity contribution in [3.05, 3.63) is 90.0 Å². The molecule has 11 heteroatoms. The topological polar surface area (TPSA) is 154 Å². The van der Waals surface area contributed by atoms with Crippen LogP contribution >= 0.6 is 0 Å². The van der Waals surface area contributed by atoms with Crippen LogP contribution in [0, 0.1) is 18.3 Å². The van der Waals surface area contributed by atoms with Gasteiger partial charge in [-0.1, -0.05) is 30.3 Å². The van der Waals surface area contributed by atoms with Gasteiger partial charge in [-0.05, 0) is 36.6 Å². The van der Waals surface area contributed by atoms with E-state index in [4.69, 9.17) is 0 Å². The van der Waals surface area contributed by atoms with Crippen molar-refractivity contribution in [2.45, 2.75) is 6.92 Å². The molecule has 0 aliphatic heterocycles. The Morgan fingerprint density at radius 3 is 2.64 bits per heavy atom. The second-order valence-corrected chi connectivity index (χ2v) is 7.72. The van der Waals surface area contributed by atoms with E-state index in [0.717, 1.165) is 5.69 Å². The van der Waals surface area contributed by atoms with Gasteiger partial charge in [0.25, 0.3) is 11.9 Å². The van der Waals surface area contributed by atoms with Gasteiger partial charge in [0.2, 0.25) is 0 Å². The van der Waals surface area contributed by atoms with Crippen LogP contribution < -0.4 is 16.2 Å². The number of phenolic OH excluding ortho intramolecular Hbond substituents is 1. The molecule has 3 heterocycles. The maximum atomic E-state index is 13.1. The highest BCUT2D eigenvalue weighted by atomic mass is 16.3. The van der Waals surface area contributed by atoms with Crippen molar-refractivity contribution in [2.24, 2.45) is 0 Å². The number of hydrogen-bond acceptors (Lipinski definition) is 9. The van der Waals surface area contributed by atoms with Crippen molar-refractivity contribution < 1.29 is 9.90 Å². The molecule has 0 radical (unpaired) electrons. The number of aromatic nitrogens is 5. The lowest BCUT2D eigenvalue weighted by molar-refractivity contribution is 0.102. The van der Waals surface area contributed by atoms with Gasteiger partial charge in [-0.25, -0.2) is 15.0 Å². The van der Waals surface area contributed by atoms with Gasteiger partial charge < -0.3 is 10.4 Å². The first-order chi connectivity index (χ1) is 17.5. The summed E-state index contributed by atoms with van der Waals surface area (Å²) in [7, 11) is 0. The summed E-state index contributed by atoms with van der Waals surface area (Å²) in [6.07, 6.45) is 4.48. The number of rotatable bonds is 6. The molecule has 2 aromatic carbocycles. The number of nitrogens with zero attached hydrogens (tertiary/aromatic N) is 6. The molecule has 0 spiro atoms. The van der Waals surface area contributed by atoms with Crippen LogP contribution in [-0.2, 0) is 0 Å². The standard InChI is InChI=1S/C25H19N9O2/c1-15-6-4-9-20(30-15)31-24(36)19-12-16-7-2-3-8-18(16)21(22(19)35)32-33-23-17(13-26)14-29-34(23)25-27-10-5-11-28-25/h2-12,14,32-33,35H,1H3,(H,30,31,36). The number of benzene rings is 2. The number of carbonyl (C=O) groups is 1. The lowest BCUT2D eigenvalue weighted by Crippen LogP contribution is -2.17. The number of nitrogens with one attached hydrogen (secondary N) is 3. The van der Waals surface area contributed by atoms with E-state index in [1.54, 1.807) is 42.7 Å². The number of nitriles is 1. The van der Waals surface area contributed by atoms with Crippen LogP contribution in [0.3, 0.4) is 0 Å². The number of hydrazine groups is 1. The fraction of sp³-hybridized carbons (Fsp3) is 0.0400. The number of phenols is 1. The summed E-state index contributed by atoms with van der Waals surface area (Å²) in [5, 5.41) is 29.0. The fourth-order valence-electron chi connectivity index (χ4n) is 3.66. The highest BCUT2D eigenvalue weighted by Gasteiger charge is 2.20. The van der Waals surface area contributed by atoms with Crippen LogP contribution in [0.1, 0.15) is 21.6 Å². The molecular formula is C25H19N9O2. The summed E-state index contributed by atoms with van der Waals surface area (Å²) in [6.45, 7) is 1.82. The van der Waals surface area contributed by atoms with Gasteiger partial charge in [0.05, 0.1) is 11.8 Å². The second kappa shape index (κ2) is 9.40. The van der Waals surface area contributed by atoms with Crippen molar-refractivity contribution in [1.82, 2.24) is 24.7 Å². The van der Waals surface area contributed by atoms with E-state index in [2.05, 4.69) is 42.3 Å². The minimum absolute atomic E-state index is 0.0433. The third kappa shape index (κ3) is 4.22. The summed E-state index contributed by atoms with van der Waals surface area (Å²) in [5.74, 6) is 0.0551. The smallest absolute Gasteiger partial charge is 0.260 e. The molecule has 5 aromatic rings. The van der Waals surface area contributed by atoms with E-state index in [-0.39, 0.29) is 34.3 Å². The number of carbonyl (C=O) groups excluding carboxylic acids is 1. The van der Waals surface area contributed by atoms with Crippen molar-refractivity contribution >= 4 is 34.0 Å². The lowest BCUT2D eigenvalue weighted by atomic mass is 10.0. The van der Waals surface area contributed by atoms with Gasteiger partial charge in [0.15, 0.2) is 11.6 Å². The molecule has 11 nitrogen and oxygen atoms in total. The van der Waals surface area contributed by atoms with Crippen LogP contribution in [0.2, 0.25) is 0 Å². The molecular weight excluding hydrogens is 458 g/mol. The Bertz CT molecular complexity index is 1620. The largest absolute Gasteiger partial charge is 0.505 e. The van der Waals surface area contributed by atoms with Crippen LogP contribution in [0.15, 0.2) is 73.2 Å². The Morgan fingerprint density at radius 2 is 1.86 bits per heavy atom. The van der Waals surface area contributed by atoms with E-state index >= 15 is 0 Å². The predicted octanol–water partition coefficient (Wildman–Crippen LogP) is 3.79. The van der Waals surface area contributed by atoms with Crippen LogP contribution in [-0.4, -0.2) is 35.7 Å². The number of pyridine rings is 1. The fourth-order valence-corrected chi connectivity index (χ4v) is 3.66. The average molecular weight is 477 g/mol. The Hall–Kier alpha value is -5.50.